The Morgan fingerprint density at radius 3 is 1.90 bits per heavy atom. The highest BCUT2D eigenvalue weighted by Crippen LogP contribution is 2.63. The summed E-state index contributed by atoms with van der Waals surface area (Å²) in [6.45, 7) is 8.92. The summed E-state index contributed by atoms with van der Waals surface area (Å²) in [5, 5.41) is 0. The largest absolute Gasteiger partial charge is 0.514 e. The Balaban J connectivity index is 1.64. The zero-order chi connectivity index (χ0) is 21.9. The van der Waals surface area contributed by atoms with Crippen molar-refractivity contribution in [3.8, 4) is 5.75 Å². The molecule has 2 atom stereocenters. The molecule has 0 fully saturated rings. The van der Waals surface area contributed by atoms with Crippen LogP contribution in [0, 0.1) is 0 Å². The molecule has 31 heavy (non-hydrogen) atoms. The van der Waals surface area contributed by atoms with Gasteiger partial charge in [-0.15, -0.1) is 0 Å². The van der Waals surface area contributed by atoms with Crippen molar-refractivity contribution in [1.82, 2.24) is 0 Å². The minimum atomic E-state index is -0.654. The van der Waals surface area contributed by atoms with Gasteiger partial charge in [-0.2, -0.15) is 0 Å². The Morgan fingerprint density at radius 2 is 1.26 bits per heavy atom. The van der Waals surface area contributed by atoms with E-state index in [1.165, 1.54) is 22.3 Å². The third-order valence-corrected chi connectivity index (χ3v) is 7.22. The molecule has 3 aromatic rings. The lowest BCUT2D eigenvalue weighted by Crippen LogP contribution is -2.47. The van der Waals surface area contributed by atoms with E-state index in [-0.39, 0.29) is 16.9 Å². The molecule has 0 N–H and O–H groups in total. The number of ether oxygens (including phenoxy) is 2. The van der Waals surface area contributed by atoms with Gasteiger partial charge >= 0.3 is 6.16 Å². The van der Waals surface area contributed by atoms with Crippen LogP contribution in [-0.4, -0.2) is 12.3 Å². The van der Waals surface area contributed by atoms with Crippen molar-refractivity contribution in [3.05, 3.63) is 101 Å². The van der Waals surface area contributed by atoms with E-state index in [0.717, 1.165) is 6.42 Å². The molecule has 158 valence electrons. The quantitative estimate of drug-likeness (QED) is 0.355. The molecular formula is C28H28O3. The molecule has 3 aromatic carbocycles. The Kier molecular flexibility index (Phi) is 4.30. The zero-order valence-electron chi connectivity index (χ0n) is 18.5. The molecule has 0 amide bonds. The lowest BCUT2D eigenvalue weighted by Gasteiger charge is -2.38. The van der Waals surface area contributed by atoms with E-state index in [0.29, 0.717) is 5.75 Å². The fourth-order valence-corrected chi connectivity index (χ4v) is 6.11. The highest BCUT2D eigenvalue weighted by Gasteiger charge is 2.64. The van der Waals surface area contributed by atoms with Crippen LogP contribution in [-0.2, 0) is 21.0 Å². The molecule has 0 bridgehead atoms. The molecule has 2 unspecified atom stereocenters. The van der Waals surface area contributed by atoms with Gasteiger partial charge in [-0.1, -0.05) is 94.4 Å². The second-order valence-corrected chi connectivity index (χ2v) is 10.0. The van der Waals surface area contributed by atoms with Gasteiger partial charge in [-0.25, -0.2) is 4.79 Å². The normalized spacial score (nSPS) is 24.5. The van der Waals surface area contributed by atoms with Gasteiger partial charge in [0, 0.05) is 5.41 Å². The third kappa shape index (κ3) is 2.83. The highest BCUT2D eigenvalue weighted by molar-refractivity contribution is 5.67. The van der Waals surface area contributed by atoms with Crippen LogP contribution >= 0.6 is 0 Å². The van der Waals surface area contributed by atoms with Crippen molar-refractivity contribution in [2.75, 3.05) is 0 Å². The van der Waals surface area contributed by atoms with Gasteiger partial charge in [0.1, 0.15) is 11.9 Å². The van der Waals surface area contributed by atoms with Gasteiger partial charge in [-0.05, 0) is 46.2 Å². The van der Waals surface area contributed by atoms with Gasteiger partial charge in [0.15, 0.2) is 0 Å². The number of carbonyl (C=O) groups is 1. The van der Waals surface area contributed by atoms with E-state index in [1.54, 1.807) is 12.1 Å². The molecule has 3 nitrogen and oxygen atoms in total. The predicted molar refractivity (Wildman–Crippen MR) is 122 cm³/mol. The van der Waals surface area contributed by atoms with E-state index >= 15 is 0 Å². The first-order chi connectivity index (χ1) is 14.8. The van der Waals surface area contributed by atoms with Gasteiger partial charge in [-0.3, -0.25) is 0 Å². The van der Waals surface area contributed by atoms with Crippen LogP contribution in [0.15, 0.2) is 78.9 Å². The number of hydrogen-bond donors (Lipinski definition) is 0. The van der Waals surface area contributed by atoms with Crippen molar-refractivity contribution < 1.29 is 14.3 Å². The van der Waals surface area contributed by atoms with E-state index in [9.17, 15) is 4.79 Å². The molecule has 2 aliphatic rings. The maximum absolute atomic E-state index is 13.0. The molecule has 5 rings (SSSR count). The lowest BCUT2D eigenvalue weighted by atomic mass is 9.70. The summed E-state index contributed by atoms with van der Waals surface area (Å²) in [7, 11) is 0. The van der Waals surface area contributed by atoms with Gasteiger partial charge in [0.2, 0.25) is 0 Å². The summed E-state index contributed by atoms with van der Waals surface area (Å²) in [5.41, 5.74) is 4.28. The number of hydrogen-bond acceptors (Lipinski definition) is 3. The average Bonchev–Trinajstić information content (AvgIpc) is 3.10. The maximum atomic E-state index is 13.0. The first kappa shape index (κ1) is 19.9. The number of carbonyl (C=O) groups excluding carboxylic acids is 1. The topological polar surface area (TPSA) is 35.5 Å². The summed E-state index contributed by atoms with van der Waals surface area (Å²) < 4.78 is 11.8. The van der Waals surface area contributed by atoms with Crippen LogP contribution < -0.4 is 4.74 Å². The second kappa shape index (κ2) is 6.71. The number of benzene rings is 3. The Bertz CT molecular complexity index is 1130. The summed E-state index contributed by atoms with van der Waals surface area (Å²) in [6.07, 6.45) is -0.154. The molecule has 2 aliphatic carbocycles. The Labute approximate surface area is 184 Å². The number of rotatable bonds is 2. The molecule has 0 heterocycles. The Morgan fingerprint density at radius 1 is 0.742 bits per heavy atom. The van der Waals surface area contributed by atoms with Crippen molar-refractivity contribution >= 4 is 6.16 Å². The minimum absolute atomic E-state index is 0.0327. The molecule has 3 heteroatoms. The zero-order valence-corrected chi connectivity index (χ0v) is 18.5. The van der Waals surface area contributed by atoms with Crippen LogP contribution in [0.25, 0.3) is 0 Å². The smallest absolute Gasteiger partial charge is 0.428 e. The van der Waals surface area contributed by atoms with E-state index in [4.69, 9.17) is 9.47 Å². The van der Waals surface area contributed by atoms with Gasteiger partial charge in [0.05, 0.1) is 5.41 Å². The molecule has 0 aliphatic heterocycles. The maximum Gasteiger partial charge on any atom is 0.514 e. The standard InChI is InChI=1S/C28H28O3/c1-26(2)18-28(22-16-10-8-14-20(22)26)23-17-11-9-15-21(23)27(3,4)24(28)31-25(29)30-19-12-6-5-7-13-19/h5-17,24H,18H2,1-4H3. The fraction of sp³-hybridized carbons (Fsp3) is 0.321. The monoisotopic (exact) mass is 412 g/mol. The Hall–Kier alpha value is -3.07. The van der Waals surface area contributed by atoms with Crippen LogP contribution in [0.2, 0.25) is 0 Å². The third-order valence-electron chi connectivity index (χ3n) is 7.22. The summed E-state index contributed by atoms with van der Waals surface area (Å²) in [4.78, 5) is 13.0. The van der Waals surface area contributed by atoms with E-state index in [2.05, 4.69) is 76.2 Å². The second-order valence-electron chi connectivity index (χ2n) is 10.0. The average molecular weight is 413 g/mol. The van der Waals surface area contributed by atoms with E-state index in [1.807, 2.05) is 18.2 Å². The van der Waals surface area contributed by atoms with Crippen molar-refractivity contribution in [2.24, 2.45) is 0 Å². The number of para-hydroxylation sites is 1. The van der Waals surface area contributed by atoms with Crippen molar-refractivity contribution in [3.63, 3.8) is 0 Å². The van der Waals surface area contributed by atoms with Crippen molar-refractivity contribution in [1.29, 1.82) is 0 Å². The molecular weight excluding hydrogens is 384 g/mol. The first-order valence-electron chi connectivity index (χ1n) is 10.9. The SMILES string of the molecule is CC1(C)CC2(c3ccccc31)c1ccccc1C(C)(C)C2OC(=O)Oc1ccccc1. The predicted octanol–water partition coefficient (Wildman–Crippen LogP) is 6.53. The summed E-state index contributed by atoms with van der Waals surface area (Å²) in [5.74, 6) is 0.488. The summed E-state index contributed by atoms with van der Waals surface area (Å²) >= 11 is 0. The van der Waals surface area contributed by atoms with Crippen molar-refractivity contribution in [2.45, 2.75) is 56.5 Å². The van der Waals surface area contributed by atoms with E-state index < -0.39 is 11.6 Å². The molecule has 0 radical (unpaired) electrons. The molecule has 0 aromatic heterocycles. The van der Waals surface area contributed by atoms with Gasteiger partial charge < -0.3 is 9.47 Å². The lowest BCUT2D eigenvalue weighted by molar-refractivity contribution is -0.000455. The van der Waals surface area contributed by atoms with Crippen LogP contribution in [0.5, 0.6) is 5.75 Å². The molecule has 0 saturated heterocycles. The van der Waals surface area contributed by atoms with Crippen LogP contribution in [0.1, 0.15) is 56.4 Å². The van der Waals surface area contributed by atoms with Gasteiger partial charge in [0.25, 0.3) is 0 Å². The molecule has 1 spiro atoms. The highest BCUT2D eigenvalue weighted by atomic mass is 16.7. The summed E-state index contributed by atoms with van der Waals surface area (Å²) in [6, 6.07) is 26.3. The number of fused-ring (bicyclic) bond motifs is 4. The van der Waals surface area contributed by atoms with Crippen LogP contribution in [0.3, 0.4) is 0 Å². The van der Waals surface area contributed by atoms with Crippen LogP contribution in [0.4, 0.5) is 4.79 Å². The first-order valence-corrected chi connectivity index (χ1v) is 10.9. The fourth-order valence-electron chi connectivity index (χ4n) is 6.11. The minimum Gasteiger partial charge on any atom is -0.428 e. The molecule has 0 saturated carbocycles.